The molecule has 1 rings (SSSR count). The largest absolute Gasteiger partial charge is 0.395 e. The van der Waals surface area contributed by atoms with E-state index in [-0.39, 0.29) is 0 Å². The highest BCUT2D eigenvalue weighted by atomic mass is 32.2. The molecule has 1 aliphatic rings. The zero-order valence-corrected chi connectivity index (χ0v) is 7.86. The summed E-state index contributed by atoms with van der Waals surface area (Å²) in [6, 6.07) is 0.819. The van der Waals surface area contributed by atoms with Crippen molar-refractivity contribution in [1.82, 2.24) is 5.32 Å². The third-order valence-corrected chi connectivity index (χ3v) is 2.93. The van der Waals surface area contributed by atoms with Crippen LogP contribution in [-0.2, 0) is 0 Å². The maximum atomic E-state index is 8.71. The Morgan fingerprint density at radius 3 is 2.91 bits per heavy atom. The standard InChI is InChI=1S/C8H17NOS/c1-7(6-10)11-5-4-9-8-2-3-8/h7-10H,2-6H2,1H3. The summed E-state index contributed by atoms with van der Waals surface area (Å²) < 4.78 is 0. The Morgan fingerprint density at radius 1 is 1.64 bits per heavy atom. The minimum Gasteiger partial charge on any atom is -0.395 e. The molecule has 1 atom stereocenters. The van der Waals surface area contributed by atoms with Gasteiger partial charge in [-0.15, -0.1) is 0 Å². The average molecular weight is 175 g/mol. The maximum absolute atomic E-state index is 8.71. The lowest BCUT2D eigenvalue weighted by atomic mass is 10.5. The fraction of sp³-hybridized carbons (Fsp3) is 1.00. The molecule has 0 radical (unpaired) electrons. The van der Waals surface area contributed by atoms with Crippen molar-refractivity contribution in [2.24, 2.45) is 0 Å². The van der Waals surface area contributed by atoms with Crippen LogP contribution >= 0.6 is 11.8 Å². The summed E-state index contributed by atoms with van der Waals surface area (Å²) in [5.74, 6) is 1.12. The van der Waals surface area contributed by atoms with E-state index < -0.39 is 0 Å². The summed E-state index contributed by atoms with van der Waals surface area (Å²) in [7, 11) is 0. The van der Waals surface area contributed by atoms with Crippen molar-refractivity contribution in [2.75, 3.05) is 18.9 Å². The van der Waals surface area contributed by atoms with Gasteiger partial charge < -0.3 is 10.4 Å². The molecular formula is C8H17NOS. The minimum atomic E-state index is 0.300. The highest BCUT2D eigenvalue weighted by Crippen LogP contribution is 2.18. The Labute approximate surface area is 72.8 Å². The molecule has 0 amide bonds. The Hall–Kier alpha value is 0.270. The van der Waals surface area contributed by atoms with Crippen molar-refractivity contribution in [3.63, 3.8) is 0 Å². The van der Waals surface area contributed by atoms with E-state index in [0.29, 0.717) is 11.9 Å². The van der Waals surface area contributed by atoms with Crippen molar-refractivity contribution in [1.29, 1.82) is 0 Å². The van der Waals surface area contributed by atoms with Gasteiger partial charge in [-0.1, -0.05) is 6.92 Å². The smallest absolute Gasteiger partial charge is 0.0547 e. The van der Waals surface area contributed by atoms with Crippen LogP contribution in [-0.4, -0.2) is 35.3 Å². The summed E-state index contributed by atoms with van der Waals surface area (Å²) in [6.45, 7) is 3.45. The second kappa shape index (κ2) is 5.01. The SMILES string of the molecule is CC(CO)SCCNC1CC1. The molecule has 0 aliphatic heterocycles. The summed E-state index contributed by atoms with van der Waals surface area (Å²) in [5, 5.41) is 12.5. The number of hydrogen-bond acceptors (Lipinski definition) is 3. The first-order valence-corrected chi connectivity index (χ1v) is 5.33. The van der Waals surface area contributed by atoms with Crippen LogP contribution in [0.25, 0.3) is 0 Å². The lowest BCUT2D eigenvalue weighted by Gasteiger charge is -2.07. The number of rotatable bonds is 6. The van der Waals surface area contributed by atoms with E-state index >= 15 is 0 Å². The van der Waals surface area contributed by atoms with Crippen LogP contribution in [0.3, 0.4) is 0 Å². The normalized spacial score (nSPS) is 20.2. The predicted octanol–water partition coefficient (Wildman–Crippen LogP) is 0.852. The molecule has 0 heterocycles. The fourth-order valence-corrected chi connectivity index (χ4v) is 1.61. The monoisotopic (exact) mass is 175 g/mol. The van der Waals surface area contributed by atoms with Gasteiger partial charge in [-0.05, 0) is 12.8 Å². The Balaban J connectivity index is 1.79. The van der Waals surface area contributed by atoms with Crippen LogP contribution in [0.5, 0.6) is 0 Å². The highest BCUT2D eigenvalue weighted by molar-refractivity contribution is 7.99. The second-order valence-electron chi connectivity index (χ2n) is 3.09. The van der Waals surface area contributed by atoms with Crippen LogP contribution < -0.4 is 5.32 Å². The summed E-state index contributed by atoms with van der Waals surface area (Å²) in [5.41, 5.74) is 0. The van der Waals surface area contributed by atoms with E-state index in [4.69, 9.17) is 5.11 Å². The molecule has 11 heavy (non-hydrogen) atoms. The summed E-state index contributed by atoms with van der Waals surface area (Å²) in [4.78, 5) is 0. The fourth-order valence-electron chi connectivity index (χ4n) is 0.863. The highest BCUT2D eigenvalue weighted by Gasteiger charge is 2.19. The van der Waals surface area contributed by atoms with Gasteiger partial charge in [0, 0.05) is 23.6 Å². The van der Waals surface area contributed by atoms with Crippen LogP contribution in [0, 0.1) is 0 Å². The van der Waals surface area contributed by atoms with Gasteiger partial charge >= 0.3 is 0 Å². The molecule has 0 spiro atoms. The average Bonchev–Trinajstić information content (AvgIpc) is 2.81. The molecule has 1 aliphatic carbocycles. The molecular weight excluding hydrogens is 158 g/mol. The number of aliphatic hydroxyl groups excluding tert-OH is 1. The molecule has 3 heteroatoms. The lowest BCUT2D eigenvalue weighted by molar-refractivity contribution is 0.300. The molecule has 2 nitrogen and oxygen atoms in total. The predicted molar refractivity (Wildman–Crippen MR) is 50.0 cm³/mol. The van der Waals surface area contributed by atoms with Crippen molar-refractivity contribution in [3.05, 3.63) is 0 Å². The van der Waals surface area contributed by atoms with Gasteiger partial charge in [-0.3, -0.25) is 0 Å². The lowest BCUT2D eigenvalue weighted by Crippen LogP contribution is -2.20. The van der Waals surface area contributed by atoms with Crippen LogP contribution in [0.2, 0.25) is 0 Å². The van der Waals surface area contributed by atoms with Gasteiger partial charge in [0.25, 0.3) is 0 Å². The molecule has 1 fully saturated rings. The van der Waals surface area contributed by atoms with Crippen LogP contribution in [0.4, 0.5) is 0 Å². The molecule has 1 saturated carbocycles. The van der Waals surface area contributed by atoms with Gasteiger partial charge in [-0.25, -0.2) is 0 Å². The number of aliphatic hydroxyl groups is 1. The van der Waals surface area contributed by atoms with Crippen molar-refractivity contribution in [3.8, 4) is 0 Å². The molecule has 0 aromatic heterocycles. The minimum absolute atomic E-state index is 0.300. The quantitative estimate of drug-likeness (QED) is 0.587. The Bertz CT molecular complexity index is 106. The van der Waals surface area contributed by atoms with Gasteiger partial charge in [0.05, 0.1) is 6.61 Å². The van der Waals surface area contributed by atoms with Gasteiger partial charge in [0.1, 0.15) is 0 Å². The number of hydrogen-bond donors (Lipinski definition) is 2. The van der Waals surface area contributed by atoms with Crippen molar-refractivity contribution < 1.29 is 5.11 Å². The third kappa shape index (κ3) is 4.67. The molecule has 1 unspecified atom stereocenters. The molecule has 2 N–H and O–H groups in total. The Morgan fingerprint density at radius 2 is 2.36 bits per heavy atom. The number of thioether (sulfide) groups is 1. The third-order valence-electron chi connectivity index (χ3n) is 1.77. The molecule has 0 aromatic rings. The molecule has 0 aromatic carbocycles. The maximum Gasteiger partial charge on any atom is 0.0547 e. The van der Waals surface area contributed by atoms with E-state index in [0.717, 1.165) is 18.3 Å². The van der Waals surface area contributed by atoms with Gasteiger partial charge in [-0.2, -0.15) is 11.8 Å². The first kappa shape index (κ1) is 9.36. The zero-order chi connectivity index (χ0) is 8.10. The second-order valence-corrected chi connectivity index (χ2v) is 4.64. The van der Waals surface area contributed by atoms with Gasteiger partial charge in [0.15, 0.2) is 0 Å². The van der Waals surface area contributed by atoms with Crippen LogP contribution in [0.1, 0.15) is 19.8 Å². The first-order chi connectivity index (χ1) is 5.33. The molecule has 66 valence electrons. The molecule has 0 bridgehead atoms. The summed E-state index contributed by atoms with van der Waals surface area (Å²) in [6.07, 6.45) is 2.72. The van der Waals surface area contributed by atoms with E-state index in [1.807, 2.05) is 11.8 Å². The van der Waals surface area contributed by atoms with Crippen LogP contribution in [0.15, 0.2) is 0 Å². The van der Waals surface area contributed by atoms with Gasteiger partial charge in [0.2, 0.25) is 0 Å². The van der Waals surface area contributed by atoms with E-state index in [1.165, 1.54) is 12.8 Å². The first-order valence-electron chi connectivity index (χ1n) is 4.28. The van der Waals surface area contributed by atoms with E-state index in [9.17, 15) is 0 Å². The summed E-state index contributed by atoms with van der Waals surface area (Å²) >= 11 is 1.83. The number of nitrogens with one attached hydrogen (secondary N) is 1. The zero-order valence-electron chi connectivity index (χ0n) is 7.05. The molecule has 0 saturated heterocycles. The van der Waals surface area contributed by atoms with E-state index in [2.05, 4.69) is 12.2 Å². The topological polar surface area (TPSA) is 32.3 Å². The Kier molecular flexibility index (Phi) is 4.26. The van der Waals surface area contributed by atoms with E-state index in [1.54, 1.807) is 0 Å². The van der Waals surface area contributed by atoms with Crippen molar-refractivity contribution >= 4 is 11.8 Å². The van der Waals surface area contributed by atoms with Crippen molar-refractivity contribution in [2.45, 2.75) is 31.1 Å².